The van der Waals surface area contributed by atoms with E-state index in [1.54, 1.807) is 0 Å². The number of nitrogens with one attached hydrogen (secondary N) is 2. The number of carbonyl (C=O) groups excluding carboxylic acids is 1. The summed E-state index contributed by atoms with van der Waals surface area (Å²) in [5.41, 5.74) is -0.252. The Morgan fingerprint density at radius 3 is 2.27 bits per heavy atom. The van der Waals surface area contributed by atoms with Gasteiger partial charge in [-0.2, -0.15) is 0 Å². The van der Waals surface area contributed by atoms with Crippen molar-refractivity contribution in [2.75, 3.05) is 5.32 Å². The lowest BCUT2D eigenvalue weighted by molar-refractivity contribution is 0.102. The van der Waals surface area contributed by atoms with E-state index in [4.69, 9.17) is 0 Å². The third kappa shape index (κ3) is 5.26. The Balaban J connectivity index is 1.80. The second-order valence-electron chi connectivity index (χ2n) is 6.17. The molecule has 0 spiro atoms. The second-order valence-corrected chi connectivity index (χ2v) is 8.85. The molecule has 2 N–H and O–H groups in total. The molecule has 0 unspecified atom stereocenters. The van der Waals surface area contributed by atoms with E-state index in [0.717, 1.165) is 24.3 Å². The highest BCUT2D eigenvalue weighted by Crippen LogP contribution is 2.22. The van der Waals surface area contributed by atoms with Crippen LogP contribution in [-0.4, -0.2) is 14.3 Å². The third-order valence-electron chi connectivity index (χ3n) is 4.05. The largest absolute Gasteiger partial charge is 0.319 e. The molecular formula is C20H14BrF3N2O3S. The number of benzene rings is 3. The number of anilines is 1. The Labute approximate surface area is 179 Å². The van der Waals surface area contributed by atoms with Crippen molar-refractivity contribution in [1.29, 1.82) is 0 Å². The second kappa shape index (κ2) is 8.99. The summed E-state index contributed by atoms with van der Waals surface area (Å²) in [4.78, 5) is 12.0. The number of rotatable bonds is 6. The molecule has 1 amide bonds. The fourth-order valence-electron chi connectivity index (χ4n) is 2.49. The highest BCUT2D eigenvalue weighted by atomic mass is 79.9. The van der Waals surface area contributed by atoms with Gasteiger partial charge in [-0.25, -0.2) is 26.3 Å². The van der Waals surface area contributed by atoms with E-state index < -0.39 is 38.9 Å². The van der Waals surface area contributed by atoms with Crippen LogP contribution in [0.15, 0.2) is 70.0 Å². The van der Waals surface area contributed by atoms with Crippen LogP contribution < -0.4 is 10.0 Å². The summed E-state index contributed by atoms with van der Waals surface area (Å²) in [5, 5.41) is 2.21. The van der Waals surface area contributed by atoms with Gasteiger partial charge >= 0.3 is 0 Å². The summed E-state index contributed by atoms with van der Waals surface area (Å²) >= 11 is 3.08. The topological polar surface area (TPSA) is 75.3 Å². The first-order chi connectivity index (χ1) is 14.2. The standard InChI is InChI=1S/C20H14BrF3N2O3S/c21-13-3-8-19(18(24)9-13)26-20(27)16-10-15(6-7-17(16)23)30(28,29)25-11-12-1-4-14(22)5-2-12/h1-10,25H,11H2,(H,26,27). The van der Waals surface area contributed by atoms with E-state index in [-0.39, 0.29) is 17.1 Å². The summed E-state index contributed by atoms with van der Waals surface area (Å²) in [6, 6.07) is 11.8. The smallest absolute Gasteiger partial charge is 0.258 e. The van der Waals surface area contributed by atoms with Crippen molar-refractivity contribution in [3.8, 4) is 0 Å². The quantitative estimate of drug-likeness (QED) is 0.521. The molecule has 0 aliphatic rings. The van der Waals surface area contributed by atoms with E-state index in [1.807, 2.05) is 0 Å². The maximum absolute atomic E-state index is 14.2. The Morgan fingerprint density at radius 1 is 0.900 bits per heavy atom. The van der Waals surface area contributed by atoms with Crippen molar-refractivity contribution in [3.05, 3.63) is 93.7 Å². The molecule has 3 aromatic rings. The van der Waals surface area contributed by atoms with Gasteiger partial charge in [0.25, 0.3) is 5.91 Å². The zero-order valence-corrected chi connectivity index (χ0v) is 17.5. The molecule has 3 rings (SSSR count). The van der Waals surface area contributed by atoms with Crippen molar-refractivity contribution in [3.63, 3.8) is 0 Å². The van der Waals surface area contributed by atoms with Crippen molar-refractivity contribution in [1.82, 2.24) is 4.72 Å². The molecule has 5 nitrogen and oxygen atoms in total. The SMILES string of the molecule is O=C(Nc1ccc(Br)cc1F)c1cc(S(=O)(=O)NCc2ccc(F)cc2)ccc1F. The fourth-order valence-corrected chi connectivity index (χ4v) is 3.87. The van der Waals surface area contributed by atoms with E-state index >= 15 is 0 Å². The normalized spacial score (nSPS) is 11.3. The molecular weight excluding hydrogens is 485 g/mol. The molecule has 0 radical (unpaired) electrons. The minimum Gasteiger partial charge on any atom is -0.319 e. The molecule has 0 bridgehead atoms. The van der Waals surface area contributed by atoms with Crippen LogP contribution in [0.1, 0.15) is 15.9 Å². The van der Waals surface area contributed by atoms with Gasteiger partial charge in [0, 0.05) is 11.0 Å². The van der Waals surface area contributed by atoms with Crippen LogP contribution in [0, 0.1) is 17.5 Å². The minimum absolute atomic E-state index is 0.133. The first kappa shape index (κ1) is 22.0. The average Bonchev–Trinajstić information content (AvgIpc) is 2.70. The summed E-state index contributed by atoms with van der Waals surface area (Å²) in [5.74, 6) is -3.19. The highest BCUT2D eigenvalue weighted by Gasteiger charge is 2.20. The molecule has 0 heterocycles. The zero-order chi connectivity index (χ0) is 21.9. The van der Waals surface area contributed by atoms with Gasteiger partial charge in [0.1, 0.15) is 17.5 Å². The molecule has 30 heavy (non-hydrogen) atoms. The number of sulfonamides is 1. The predicted molar refractivity (Wildman–Crippen MR) is 109 cm³/mol. The molecule has 0 saturated carbocycles. The summed E-state index contributed by atoms with van der Waals surface area (Å²) in [7, 11) is -4.10. The zero-order valence-electron chi connectivity index (χ0n) is 15.1. The average molecular weight is 499 g/mol. The molecule has 0 aliphatic carbocycles. The van der Waals surface area contributed by atoms with E-state index in [1.165, 1.54) is 36.4 Å². The maximum atomic E-state index is 14.2. The Kier molecular flexibility index (Phi) is 6.59. The van der Waals surface area contributed by atoms with Crippen LogP contribution in [-0.2, 0) is 16.6 Å². The van der Waals surface area contributed by atoms with E-state index in [9.17, 15) is 26.4 Å². The van der Waals surface area contributed by atoms with Gasteiger partial charge in [-0.05, 0) is 54.1 Å². The number of amides is 1. The van der Waals surface area contributed by atoms with E-state index in [2.05, 4.69) is 26.0 Å². The van der Waals surface area contributed by atoms with Crippen molar-refractivity contribution < 1.29 is 26.4 Å². The Hall–Kier alpha value is -2.69. The number of hydrogen-bond acceptors (Lipinski definition) is 3. The molecule has 0 aromatic heterocycles. The molecule has 3 aromatic carbocycles. The van der Waals surface area contributed by atoms with Gasteiger partial charge in [0.15, 0.2) is 0 Å². The first-order valence-corrected chi connectivity index (χ1v) is 10.7. The van der Waals surface area contributed by atoms with Gasteiger partial charge < -0.3 is 5.32 Å². The van der Waals surface area contributed by atoms with Crippen LogP contribution in [0.25, 0.3) is 0 Å². The van der Waals surface area contributed by atoms with Crippen molar-refractivity contribution >= 4 is 37.5 Å². The molecule has 0 atom stereocenters. The minimum atomic E-state index is -4.10. The Morgan fingerprint density at radius 2 is 1.60 bits per heavy atom. The van der Waals surface area contributed by atoms with Crippen LogP contribution in [0.4, 0.5) is 18.9 Å². The van der Waals surface area contributed by atoms with Crippen molar-refractivity contribution in [2.24, 2.45) is 0 Å². The van der Waals surface area contributed by atoms with Crippen LogP contribution in [0.2, 0.25) is 0 Å². The number of carbonyl (C=O) groups is 1. The molecule has 0 fully saturated rings. The monoisotopic (exact) mass is 498 g/mol. The molecule has 10 heteroatoms. The summed E-state index contributed by atoms with van der Waals surface area (Å²) < 4.78 is 68.8. The lowest BCUT2D eigenvalue weighted by atomic mass is 10.2. The number of hydrogen-bond donors (Lipinski definition) is 2. The summed E-state index contributed by atoms with van der Waals surface area (Å²) in [6.07, 6.45) is 0. The van der Waals surface area contributed by atoms with Gasteiger partial charge in [-0.3, -0.25) is 4.79 Å². The fraction of sp³-hybridized carbons (Fsp3) is 0.0500. The molecule has 156 valence electrons. The predicted octanol–water partition coefficient (Wildman–Crippen LogP) is 4.60. The maximum Gasteiger partial charge on any atom is 0.258 e. The van der Waals surface area contributed by atoms with E-state index in [0.29, 0.717) is 10.0 Å². The highest BCUT2D eigenvalue weighted by molar-refractivity contribution is 9.10. The Bertz CT molecular complexity index is 1200. The first-order valence-electron chi connectivity index (χ1n) is 8.46. The molecule has 0 saturated heterocycles. The van der Waals surface area contributed by atoms with Crippen LogP contribution in [0.5, 0.6) is 0 Å². The van der Waals surface area contributed by atoms with Gasteiger partial charge in [-0.1, -0.05) is 28.1 Å². The lowest BCUT2D eigenvalue weighted by Crippen LogP contribution is -2.24. The van der Waals surface area contributed by atoms with Crippen molar-refractivity contribution in [2.45, 2.75) is 11.4 Å². The third-order valence-corrected chi connectivity index (χ3v) is 5.94. The van der Waals surface area contributed by atoms with Crippen LogP contribution in [0.3, 0.4) is 0 Å². The lowest BCUT2D eigenvalue weighted by Gasteiger charge is -2.11. The van der Waals surface area contributed by atoms with Gasteiger partial charge in [0.2, 0.25) is 10.0 Å². The van der Waals surface area contributed by atoms with Gasteiger partial charge in [0.05, 0.1) is 16.1 Å². The summed E-state index contributed by atoms with van der Waals surface area (Å²) in [6.45, 7) is -0.133. The van der Waals surface area contributed by atoms with Gasteiger partial charge in [-0.15, -0.1) is 0 Å². The van der Waals surface area contributed by atoms with Crippen LogP contribution >= 0.6 is 15.9 Å². The molecule has 0 aliphatic heterocycles. The number of halogens is 4.